The van der Waals surface area contributed by atoms with Crippen molar-refractivity contribution >= 4 is 0 Å². The maximum Gasteiger partial charge on any atom is -0.0165 e. The molecule has 2 aliphatic carbocycles. The van der Waals surface area contributed by atoms with Crippen LogP contribution in [0, 0.1) is 17.8 Å². The van der Waals surface area contributed by atoms with Crippen molar-refractivity contribution in [3.8, 4) is 0 Å². The van der Waals surface area contributed by atoms with Gasteiger partial charge in [-0.25, -0.2) is 0 Å². The summed E-state index contributed by atoms with van der Waals surface area (Å²) in [5.74, 6) is 2.59. The van der Waals surface area contributed by atoms with Crippen LogP contribution in [0.15, 0.2) is 23.8 Å². The third kappa shape index (κ3) is 2.04. The van der Waals surface area contributed by atoms with Gasteiger partial charge in [0.1, 0.15) is 0 Å². The summed E-state index contributed by atoms with van der Waals surface area (Å²) in [5.41, 5.74) is 1.63. The van der Waals surface area contributed by atoms with Gasteiger partial charge in [0, 0.05) is 0 Å². The Labute approximate surface area is 81.7 Å². The number of rotatable bonds is 2. The van der Waals surface area contributed by atoms with Crippen LogP contribution in [-0.2, 0) is 0 Å². The zero-order chi connectivity index (χ0) is 9.26. The Morgan fingerprint density at radius 3 is 2.77 bits per heavy atom. The first kappa shape index (κ1) is 9.05. The van der Waals surface area contributed by atoms with Crippen LogP contribution in [0.25, 0.3) is 0 Å². The zero-order valence-corrected chi connectivity index (χ0v) is 8.79. The molecule has 1 saturated carbocycles. The summed E-state index contributed by atoms with van der Waals surface area (Å²) in [4.78, 5) is 0. The first-order chi connectivity index (χ1) is 6.31. The van der Waals surface area contributed by atoms with Gasteiger partial charge in [-0.3, -0.25) is 0 Å². The molecule has 2 aliphatic rings. The normalized spacial score (nSPS) is 34.2. The molecule has 2 unspecified atom stereocenters. The van der Waals surface area contributed by atoms with E-state index in [0.29, 0.717) is 0 Å². The van der Waals surface area contributed by atoms with Crippen molar-refractivity contribution in [1.29, 1.82) is 0 Å². The summed E-state index contributed by atoms with van der Waals surface area (Å²) in [6.07, 6.45) is 12.8. The first-order valence-electron chi connectivity index (χ1n) is 5.69. The smallest absolute Gasteiger partial charge is 0.0165 e. The van der Waals surface area contributed by atoms with Gasteiger partial charge in [0.15, 0.2) is 0 Å². The summed E-state index contributed by atoms with van der Waals surface area (Å²) in [6.45, 7) is 4.69. The lowest BCUT2D eigenvalue weighted by Gasteiger charge is -2.16. The molecule has 13 heavy (non-hydrogen) atoms. The second-order valence-electron chi connectivity index (χ2n) is 4.61. The molecule has 2 atom stereocenters. The summed E-state index contributed by atoms with van der Waals surface area (Å²) in [6, 6.07) is 0. The quantitative estimate of drug-likeness (QED) is 0.597. The molecule has 1 fully saturated rings. The third-order valence-electron chi connectivity index (χ3n) is 3.52. The fourth-order valence-corrected chi connectivity index (χ4v) is 2.32. The predicted molar refractivity (Wildman–Crippen MR) is 57.5 cm³/mol. The van der Waals surface area contributed by atoms with Crippen molar-refractivity contribution in [3.63, 3.8) is 0 Å². The first-order valence-corrected chi connectivity index (χ1v) is 5.69. The number of hydrogen-bond acceptors (Lipinski definition) is 0. The Bertz CT molecular complexity index is 230. The summed E-state index contributed by atoms with van der Waals surface area (Å²) in [7, 11) is 0. The highest BCUT2D eigenvalue weighted by Crippen LogP contribution is 2.40. The molecule has 0 spiro atoms. The lowest BCUT2D eigenvalue weighted by Crippen LogP contribution is -2.06. The molecule has 0 amide bonds. The van der Waals surface area contributed by atoms with Gasteiger partial charge in [0.2, 0.25) is 0 Å². The van der Waals surface area contributed by atoms with Crippen LogP contribution in [0.5, 0.6) is 0 Å². The molecule has 0 aromatic heterocycles. The summed E-state index contributed by atoms with van der Waals surface area (Å²) in [5, 5.41) is 0. The lowest BCUT2D eigenvalue weighted by molar-refractivity contribution is 0.413. The average molecular weight is 176 g/mol. The van der Waals surface area contributed by atoms with Crippen molar-refractivity contribution in [3.05, 3.63) is 23.8 Å². The van der Waals surface area contributed by atoms with E-state index in [-0.39, 0.29) is 0 Å². The minimum Gasteiger partial charge on any atom is -0.0840 e. The molecule has 0 aromatic carbocycles. The van der Waals surface area contributed by atoms with Crippen LogP contribution >= 0.6 is 0 Å². The maximum absolute atomic E-state index is 2.52. The van der Waals surface area contributed by atoms with Crippen molar-refractivity contribution in [2.24, 2.45) is 17.8 Å². The molecule has 0 N–H and O–H groups in total. The van der Waals surface area contributed by atoms with Crippen LogP contribution in [0.3, 0.4) is 0 Å². The Balaban J connectivity index is 2.10. The van der Waals surface area contributed by atoms with Crippen molar-refractivity contribution in [2.45, 2.75) is 39.5 Å². The highest BCUT2D eigenvalue weighted by molar-refractivity contribution is 5.27. The average Bonchev–Trinajstić information content (AvgIpc) is 2.89. The molecule has 0 aromatic rings. The Hall–Kier alpha value is -0.520. The molecule has 0 nitrogen and oxygen atoms in total. The second-order valence-corrected chi connectivity index (χ2v) is 4.61. The molecule has 0 radical (unpaired) electrons. The SMILES string of the molecule is CCC1CC=CC(C2CC2)=CC1C. The third-order valence-corrected chi connectivity index (χ3v) is 3.52. The molecular weight excluding hydrogens is 156 g/mol. The zero-order valence-electron chi connectivity index (χ0n) is 8.79. The largest absolute Gasteiger partial charge is 0.0840 e. The molecule has 0 aliphatic heterocycles. The van der Waals surface area contributed by atoms with E-state index in [1.165, 1.54) is 25.7 Å². The van der Waals surface area contributed by atoms with E-state index in [1.807, 2.05) is 0 Å². The summed E-state index contributed by atoms with van der Waals surface area (Å²) < 4.78 is 0. The van der Waals surface area contributed by atoms with Crippen LogP contribution in [0.4, 0.5) is 0 Å². The van der Waals surface area contributed by atoms with E-state index >= 15 is 0 Å². The lowest BCUT2D eigenvalue weighted by atomic mass is 9.89. The maximum atomic E-state index is 2.52. The van der Waals surface area contributed by atoms with Gasteiger partial charge in [-0.15, -0.1) is 0 Å². The van der Waals surface area contributed by atoms with Gasteiger partial charge in [0.05, 0.1) is 0 Å². The highest BCUT2D eigenvalue weighted by Gasteiger charge is 2.26. The second kappa shape index (κ2) is 3.69. The van der Waals surface area contributed by atoms with Gasteiger partial charge >= 0.3 is 0 Å². The molecular formula is C13H20. The topological polar surface area (TPSA) is 0 Å². The monoisotopic (exact) mass is 176 g/mol. The van der Waals surface area contributed by atoms with E-state index in [1.54, 1.807) is 5.57 Å². The van der Waals surface area contributed by atoms with Crippen LogP contribution in [0.2, 0.25) is 0 Å². The molecule has 0 heteroatoms. The molecule has 0 bridgehead atoms. The van der Waals surface area contributed by atoms with Crippen molar-refractivity contribution in [1.82, 2.24) is 0 Å². The Morgan fingerprint density at radius 2 is 2.15 bits per heavy atom. The fourth-order valence-electron chi connectivity index (χ4n) is 2.32. The summed E-state index contributed by atoms with van der Waals surface area (Å²) >= 11 is 0. The standard InChI is InChI=1S/C13H20/c1-3-11-5-4-6-13(9-10(11)2)12-7-8-12/h4,6,9-12H,3,5,7-8H2,1-2H3. The fraction of sp³-hybridized carbons (Fsp3) is 0.692. The van der Waals surface area contributed by atoms with Crippen molar-refractivity contribution < 1.29 is 0 Å². The van der Waals surface area contributed by atoms with Gasteiger partial charge in [-0.2, -0.15) is 0 Å². The molecule has 72 valence electrons. The Kier molecular flexibility index (Phi) is 2.57. The van der Waals surface area contributed by atoms with E-state index in [2.05, 4.69) is 32.1 Å². The predicted octanol–water partition coefficient (Wildman–Crippen LogP) is 3.95. The molecule has 0 saturated heterocycles. The molecule has 2 rings (SSSR count). The minimum absolute atomic E-state index is 0.788. The van der Waals surface area contributed by atoms with Crippen molar-refractivity contribution in [2.75, 3.05) is 0 Å². The van der Waals surface area contributed by atoms with E-state index in [0.717, 1.165) is 17.8 Å². The Morgan fingerprint density at radius 1 is 1.38 bits per heavy atom. The minimum atomic E-state index is 0.788. The van der Waals surface area contributed by atoms with Gasteiger partial charge in [-0.05, 0) is 42.6 Å². The number of allylic oxidation sites excluding steroid dienone is 4. The van der Waals surface area contributed by atoms with Crippen LogP contribution < -0.4 is 0 Å². The number of hydrogen-bond donors (Lipinski definition) is 0. The van der Waals surface area contributed by atoms with Gasteiger partial charge in [-0.1, -0.05) is 38.5 Å². The van der Waals surface area contributed by atoms with Crippen LogP contribution in [-0.4, -0.2) is 0 Å². The van der Waals surface area contributed by atoms with Gasteiger partial charge < -0.3 is 0 Å². The molecule has 0 heterocycles. The van der Waals surface area contributed by atoms with E-state index in [9.17, 15) is 0 Å². The highest BCUT2D eigenvalue weighted by atomic mass is 14.3. The van der Waals surface area contributed by atoms with E-state index in [4.69, 9.17) is 0 Å². The van der Waals surface area contributed by atoms with Crippen LogP contribution in [0.1, 0.15) is 39.5 Å². The van der Waals surface area contributed by atoms with Gasteiger partial charge in [0.25, 0.3) is 0 Å². The van der Waals surface area contributed by atoms with E-state index < -0.39 is 0 Å².